The van der Waals surface area contributed by atoms with Gasteiger partial charge in [-0.15, -0.1) is 0 Å². The number of hydroxylamine groups is 1. The Morgan fingerprint density at radius 2 is 2.00 bits per heavy atom. The van der Waals surface area contributed by atoms with E-state index in [0.717, 1.165) is 22.5 Å². The van der Waals surface area contributed by atoms with E-state index in [2.05, 4.69) is 9.71 Å². The average molecular weight is 385 g/mol. The van der Waals surface area contributed by atoms with Crippen LogP contribution in [0.3, 0.4) is 0 Å². The van der Waals surface area contributed by atoms with Gasteiger partial charge in [0, 0.05) is 24.3 Å². The Hall–Kier alpha value is -2.94. The van der Waals surface area contributed by atoms with Crippen molar-refractivity contribution in [3.8, 4) is 0 Å². The highest BCUT2D eigenvalue weighted by atomic mass is 32.2. The molecule has 140 valence electrons. The highest BCUT2D eigenvalue weighted by Gasteiger charge is 2.13. The fraction of sp³-hybridized carbons (Fsp3) is 0.105. The standard InChI is InChI=1S/C19H19N3O4S/c23-19(22-24)7-5-14-2-1-3-17(13-14)27(25,26)21-11-8-15-4-6-18-16(12-15)9-10-20-18/h1-7,9-10,12-13,20-21,24H,8,11H2,(H,22,23)/b7-5+. The van der Waals surface area contributed by atoms with E-state index in [4.69, 9.17) is 5.21 Å². The quantitative estimate of drug-likeness (QED) is 0.284. The number of hydrogen-bond donors (Lipinski definition) is 4. The van der Waals surface area contributed by atoms with Gasteiger partial charge in [0.15, 0.2) is 0 Å². The largest absolute Gasteiger partial charge is 0.361 e. The van der Waals surface area contributed by atoms with Gasteiger partial charge in [0.2, 0.25) is 10.0 Å². The number of aromatic amines is 1. The minimum absolute atomic E-state index is 0.107. The molecule has 3 rings (SSSR count). The molecule has 2 aromatic carbocycles. The number of fused-ring (bicyclic) bond motifs is 1. The number of sulfonamides is 1. The maximum absolute atomic E-state index is 12.5. The number of H-pyrrole nitrogens is 1. The van der Waals surface area contributed by atoms with Crippen molar-refractivity contribution in [1.29, 1.82) is 0 Å². The van der Waals surface area contributed by atoms with Gasteiger partial charge in [0.05, 0.1) is 4.90 Å². The summed E-state index contributed by atoms with van der Waals surface area (Å²) in [5, 5.41) is 9.56. The van der Waals surface area contributed by atoms with E-state index in [9.17, 15) is 13.2 Å². The van der Waals surface area contributed by atoms with Crippen molar-refractivity contribution in [2.45, 2.75) is 11.3 Å². The van der Waals surface area contributed by atoms with Crippen molar-refractivity contribution in [1.82, 2.24) is 15.2 Å². The molecule has 1 aromatic heterocycles. The van der Waals surface area contributed by atoms with Gasteiger partial charge in [-0.25, -0.2) is 18.6 Å². The first-order valence-electron chi connectivity index (χ1n) is 8.26. The molecular formula is C19H19N3O4S. The van der Waals surface area contributed by atoms with E-state index in [1.165, 1.54) is 23.7 Å². The second-order valence-electron chi connectivity index (χ2n) is 5.93. The lowest BCUT2D eigenvalue weighted by molar-refractivity contribution is -0.124. The van der Waals surface area contributed by atoms with Gasteiger partial charge in [-0.3, -0.25) is 10.0 Å². The van der Waals surface area contributed by atoms with Crippen LogP contribution in [0.1, 0.15) is 11.1 Å². The van der Waals surface area contributed by atoms with Gasteiger partial charge >= 0.3 is 0 Å². The van der Waals surface area contributed by atoms with Gasteiger partial charge in [0.1, 0.15) is 0 Å². The average Bonchev–Trinajstić information content (AvgIpc) is 3.14. The summed E-state index contributed by atoms with van der Waals surface area (Å²) >= 11 is 0. The zero-order chi connectivity index (χ0) is 19.3. The van der Waals surface area contributed by atoms with Crippen molar-refractivity contribution in [3.05, 3.63) is 71.9 Å². The van der Waals surface area contributed by atoms with Crippen LogP contribution in [0.5, 0.6) is 0 Å². The molecule has 0 saturated carbocycles. The molecule has 1 amide bonds. The molecule has 0 fully saturated rings. The molecule has 0 aliphatic heterocycles. The van der Waals surface area contributed by atoms with E-state index in [1.807, 2.05) is 30.5 Å². The summed E-state index contributed by atoms with van der Waals surface area (Å²) < 4.78 is 27.6. The molecule has 1 heterocycles. The molecule has 3 aromatic rings. The summed E-state index contributed by atoms with van der Waals surface area (Å²) in [7, 11) is -3.67. The Morgan fingerprint density at radius 3 is 2.81 bits per heavy atom. The summed E-state index contributed by atoms with van der Waals surface area (Å²) in [6, 6.07) is 14.1. The molecule has 0 aliphatic rings. The highest BCUT2D eigenvalue weighted by Crippen LogP contribution is 2.15. The SMILES string of the molecule is O=C(/C=C/c1cccc(S(=O)(=O)NCCc2ccc3[nH]ccc3c2)c1)NO. The molecular weight excluding hydrogens is 366 g/mol. The third-order valence-corrected chi connectivity index (χ3v) is 5.49. The maximum atomic E-state index is 12.5. The topological polar surface area (TPSA) is 111 Å². The number of hydrogen-bond acceptors (Lipinski definition) is 4. The van der Waals surface area contributed by atoms with Crippen molar-refractivity contribution >= 4 is 32.9 Å². The van der Waals surface area contributed by atoms with E-state index in [1.54, 1.807) is 12.1 Å². The van der Waals surface area contributed by atoms with Crippen molar-refractivity contribution < 1.29 is 18.4 Å². The molecule has 0 saturated heterocycles. The number of carbonyl (C=O) groups excluding carboxylic acids is 1. The van der Waals surface area contributed by atoms with Crippen LogP contribution in [0.4, 0.5) is 0 Å². The third kappa shape index (κ3) is 4.82. The summed E-state index contributed by atoms with van der Waals surface area (Å²) in [5.74, 6) is -0.694. The molecule has 4 N–H and O–H groups in total. The molecule has 0 spiro atoms. The van der Waals surface area contributed by atoms with Crippen LogP contribution in [0.2, 0.25) is 0 Å². The maximum Gasteiger partial charge on any atom is 0.267 e. The normalized spacial score (nSPS) is 11.9. The van der Waals surface area contributed by atoms with Crippen molar-refractivity contribution in [2.24, 2.45) is 0 Å². The lowest BCUT2D eigenvalue weighted by Gasteiger charge is -2.08. The Morgan fingerprint density at radius 1 is 1.15 bits per heavy atom. The minimum Gasteiger partial charge on any atom is -0.361 e. The van der Waals surface area contributed by atoms with E-state index < -0.39 is 15.9 Å². The van der Waals surface area contributed by atoms with Crippen LogP contribution in [0.25, 0.3) is 17.0 Å². The predicted octanol–water partition coefficient (Wildman–Crippen LogP) is 2.21. The molecule has 8 heteroatoms. The Labute approximate surface area is 156 Å². The van der Waals surface area contributed by atoms with E-state index in [0.29, 0.717) is 12.0 Å². The van der Waals surface area contributed by atoms with Crippen LogP contribution in [-0.2, 0) is 21.2 Å². The lowest BCUT2D eigenvalue weighted by Crippen LogP contribution is -2.26. The number of aromatic nitrogens is 1. The summed E-state index contributed by atoms with van der Waals surface area (Å²) in [4.78, 5) is 14.3. The summed E-state index contributed by atoms with van der Waals surface area (Å²) in [6.07, 6.45) is 4.95. The zero-order valence-corrected chi connectivity index (χ0v) is 15.2. The molecule has 0 atom stereocenters. The van der Waals surface area contributed by atoms with E-state index in [-0.39, 0.29) is 11.4 Å². The lowest BCUT2D eigenvalue weighted by atomic mass is 10.1. The third-order valence-electron chi connectivity index (χ3n) is 4.03. The Bertz CT molecular complexity index is 1090. The van der Waals surface area contributed by atoms with Crippen LogP contribution in [-0.4, -0.2) is 31.1 Å². The molecule has 27 heavy (non-hydrogen) atoms. The predicted molar refractivity (Wildman–Crippen MR) is 103 cm³/mol. The molecule has 0 bridgehead atoms. The number of amides is 1. The van der Waals surface area contributed by atoms with Crippen LogP contribution < -0.4 is 10.2 Å². The fourth-order valence-corrected chi connectivity index (χ4v) is 3.75. The van der Waals surface area contributed by atoms with Gasteiger partial charge in [-0.05, 0) is 59.3 Å². The smallest absolute Gasteiger partial charge is 0.267 e. The molecule has 7 nitrogen and oxygen atoms in total. The van der Waals surface area contributed by atoms with Crippen LogP contribution >= 0.6 is 0 Å². The Kier molecular flexibility index (Phi) is 5.70. The summed E-state index contributed by atoms with van der Waals surface area (Å²) in [5.41, 5.74) is 4.08. The second-order valence-corrected chi connectivity index (χ2v) is 7.70. The highest BCUT2D eigenvalue weighted by molar-refractivity contribution is 7.89. The monoisotopic (exact) mass is 385 g/mol. The number of rotatable bonds is 7. The zero-order valence-electron chi connectivity index (χ0n) is 14.3. The fourth-order valence-electron chi connectivity index (χ4n) is 2.67. The van der Waals surface area contributed by atoms with Crippen molar-refractivity contribution in [3.63, 3.8) is 0 Å². The number of benzene rings is 2. The first-order chi connectivity index (χ1) is 13.0. The van der Waals surface area contributed by atoms with Gasteiger partial charge in [-0.2, -0.15) is 0 Å². The number of nitrogens with one attached hydrogen (secondary N) is 3. The molecule has 0 unspecified atom stereocenters. The van der Waals surface area contributed by atoms with Crippen molar-refractivity contribution in [2.75, 3.05) is 6.54 Å². The van der Waals surface area contributed by atoms with Crippen LogP contribution in [0, 0.1) is 0 Å². The number of carbonyl (C=O) groups is 1. The Balaban J connectivity index is 1.65. The second kappa shape index (κ2) is 8.17. The summed E-state index contributed by atoms with van der Waals surface area (Å²) in [6.45, 7) is 0.269. The first kappa shape index (κ1) is 18.8. The van der Waals surface area contributed by atoms with Gasteiger partial charge in [-0.1, -0.05) is 18.2 Å². The van der Waals surface area contributed by atoms with Crippen LogP contribution in [0.15, 0.2) is 65.7 Å². The van der Waals surface area contributed by atoms with E-state index >= 15 is 0 Å². The first-order valence-corrected chi connectivity index (χ1v) is 9.74. The van der Waals surface area contributed by atoms with Gasteiger partial charge in [0.25, 0.3) is 5.91 Å². The minimum atomic E-state index is -3.67. The molecule has 0 aliphatic carbocycles. The molecule has 0 radical (unpaired) electrons. The van der Waals surface area contributed by atoms with Gasteiger partial charge < -0.3 is 4.98 Å².